The highest BCUT2D eigenvalue weighted by molar-refractivity contribution is 9.13. The Balaban J connectivity index is 1.56. The number of alkyl halides is 2. The summed E-state index contributed by atoms with van der Waals surface area (Å²) in [6, 6.07) is 6.53. The number of ether oxygens (including phenoxy) is 1. The Morgan fingerprint density at radius 2 is 1.71 bits per heavy atom. The average Bonchev–Trinajstić information content (AvgIpc) is 3.29. The van der Waals surface area contributed by atoms with E-state index in [0.29, 0.717) is 26.3 Å². The SMILES string of the molecule is COc1cc(C2C3=CCC4C(=O)N(c5ccc(C)c(Cl)c5)C(=O)C4C3CC3(Cl)C(=O)N(C)C(=O)C23Cl)c(Br)c(Br)c1O. The van der Waals surface area contributed by atoms with Gasteiger partial charge in [0, 0.05) is 22.5 Å². The summed E-state index contributed by atoms with van der Waals surface area (Å²) in [6.07, 6.45) is 1.91. The highest BCUT2D eigenvalue weighted by Crippen LogP contribution is 2.66. The Morgan fingerprint density at radius 3 is 2.36 bits per heavy atom. The number of hydrogen-bond acceptors (Lipinski definition) is 6. The van der Waals surface area contributed by atoms with Crippen LogP contribution in [0.1, 0.15) is 29.9 Å². The number of rotatable bonds is 3. The maximum absolute atomic E-state index is 14.1. The molecule has 4 aliphatic rings. The van der Waals surface area contributed by atoms with Gasteiger partial charge in [0.2, 0.25) is 11.8 Å². The number of fused-ring (bicyclic) bond motifs is 4. The maximum Gasteiger partial charge on any atom is 0.253 e. The van der Waals surface area contributed by atoms with E-state index in [2.05, 4.69) is 31.9 Å². The van der Waals surface area contributed by atoms with Crippen LogP contribution in [0.3, 0.4) is 0 Å². The number of nitrogens with zero attached hydrogens (tertiary/aromatic N) is 2. The lowest BCUT2D eigenvalue weighted by Gasteiger charge is -2.51. The van der Waals surface area contributed by atoms with Gasteiger partial charge in [0.1, 0.15) is 0 Å². The fourth-order valence-electron chi connectivity index (χ4n) is 7.04. The first-order chi connectivity index (χ1) is 19.7. The molecule has 0 radical (unpaired) electrons. The van der Waals surface area contributed by atoms with Gasteiger partial charge in [-0.2, -0.15) is 0 Å². The summed E-state index contributed by atoms with van der Waals surface area (Å²) in [7, 11) is 2.70. The lowest BCUT2D eigenvalue weighted by Crippen LogP contribution is -2.60. The number of aromatic hydroxyl groups is 1. The molecule has 2 aromatic carbocycles. The summed E-state index contributed by atoms with van der Waals surface area (Å²) in [5, 5.41) is 11.0. The molecule has 4 amide bonds. The second-order valence-electron chi connectivity index (χ2n) is 11.1. The zero-order valence-corrected chi connectivity index (χ0v) is 27.8. The number of carbonyl (C=O) groups is 4. The van der Waals surface area contributed by atoms with Crippen LogP contribution in [0, 0.1) is 24.7 Å². The molecule has 42 heavy (non-hydrogen) atoms. The summed E-state index contributed by atoms with van der Waals surface area (Å²) >= 11 is 27.7. The first-order valence-electron chi connectivity index (χ1n) is 13.0. The zero-order chi connectivity index (χ0) is 30.6. The molecular formula is C29H23Br2Cl3N2O6. The minimum Gasteiger partial charge on any atom is -0.503 e. The van der Waals surface area contributed by atoms with Crippen molar-refractivity contribution in [1.29, 1.82) is 0 Å². The van der Waals surface area contributed by atoms with E-state index < -0.39 is 51.1 Å². The molecule has 8 nitrogen and oxygen atoms in total. The summed E-state index contributed by atoms with van der Waals surface area (Å²) in [5.74, 6) is -5.55. The lowest BCUT2D eigenvalue weighted by molar-refractivity contribution is -0.138. The molecule has 0 bridgehead atoms. The van der Waals surface area contributed by atoms with Crippen LogP contribution in [0.15, 0.2) is 44.9 Å². The van der Waals surface area contributed by atoms with Gasteiger partial charge in [-0.1, -0.05) is 29.3 Å². The fraction of sp³-hybridized carbons (Fsp3) is 0.379. The third kappa shape index (κ3) is 3.71. The topological polar surface area (TPSA) is 104 Å². The van der Waals surface area contributed by atoms with Crippen LogP contribution in [0.5, 0.6) is 11.5 Å². The number of phenolic OH excluding ortho intramolecular Hbond substituents is 1. The maximum atomic E-state index is 14.1. The van der Waals surface area contributed by atoms with Gasteiger partial charge < -0.3 is 9.84 Å². The van der Waals surface area contributed by atoms with E-state index in [1.807, 2.05) is 13.0 Å². The van der Waals surface area contributed by atoms with E-state index in [-0.39, 0.29) is 34.7 Å². The summed E-state index contributed by atoms with van der Waals surface area (Å²) in [6.45, 7) is 1.82. The first-order valence-corrected chi connectivity index (χ1v) is 15.7. The van der Waals surface area contributed by atoms with Gasteiger partial charge >= 0.3 is 0 Å². The lowest BCUT2D eigenvalue weighted by atomic mass is 9.56. The number of likely N-dealkylation sites (tertiary alicyclic amines) is 1. The summed E-state index contributed by atoms with van der Waals surface area (Å²) in [5.41, 5.74) is 2.19. The molecule has 220 valence electrons. The van der Waals surface area contributed by atoms with Crippen molar-refractivity contribution in [2.75, 3.05) is 19.1 Å². The normalized spacial score (nSPS) is 32.1. The molecule has 2 heterocycles. The molecule has 2 aromatic rings. The average molecular weight is 762 g/mol. The number of anilines is 1. The van der Waals surface area contributed by atoms with E-state index in [9.17, 15) is 24.3 Å². The first kappa shape index (κ1) is 29.9. The molecule has 1 saturated carbocycles. The van der Waals surface area contributed by atoms with Gasteiger partial charge in [0.05, 0.1) is 29.1 Å². The number of amides is 4. The largest absolute Gasteiger partial charge is 0.503 e. The second kappa shape index (κ2) is 9.95. The van der Waals surface area contributed by atoms with Gasteiger partial charge in [0.25, 0.3) is 11.8 Å². The van der Waals surface area contributed by atoms with Crippen molar-refractivity contribution >= 4 is 96.0 Å². The van der Waals surface area contributed by atoms with Crippen molar-refractivity contribution in [3.63, 3.8) is 0 Å². The smallest absolute Gasteiger partial charge is 0.253 e. The van der Waals surface area contributed by atoms with Crippen LogP contribution in [0.25, 0.3) is 0 Å². The number of hydrogen-bond donors (Lipinski definition) is 1. The summed E-state index contributed by atoms with van der Waals surface area (Å²) in [4.78, 5) is 53.5. The zero-order valence-electron chi connectivity index (χ0n) is 22.4. The van der Waals surface area contributed by atoms with E-state index in [1.54, 1.807) is 18.2 Å². The Labute approximate surface area is 273 Å². The number of methoxy groups -OCH3 is 1. The number of benzene rings is 2. The van der Waals surface area contributed by atoms with E-state index in [4.69, 9.17) is 39.5 Å². The third-order valence-electron chi connectivity index (χ3n) is 9.13. The Hall–Kier alpha value is -2.11. The molecule has 2 saturated heterocycles. The number of phenols is 1. The Kier molecular flexibility index (Phi) is 7.10. The standard InChI is InChI=1S/C29H23Br2Cl3N2O6/c1-11-4-5-12(8-17(11)32)36-24(38)14-7-6-13-16(19(14)25(36)39)10-28(33)26(40)35(2)27(41)29(28,34)20(13)15-9-18(42-3)23(37)22(31)21(15)30/h4-6,8-9,14,16,19-20,37H,7,10H2,1-3H3. The molecule has 6 rings (SSSR count). The van der Waals surface area contributed by atoms with E-state index in [0.717, 1.165) is 15.4 Å². The van der Waals surface area contributed by atoms with Gasteiger partial charge in [0.15, 0.2) is 21.2 Å². The van der Waals surface area contributed by atoms with Crippen LogP contribution < -0.4 is 9.64 Å². The fourth-order valence-corrected chi connectivity index (χ4v) is 9.18. The van der Waals surface area contributed by atoms with Crippen LogP contribution in [0.2, 0.25) is 5.02 Å². The Morgan fingerprint density at radius 1 is 1.02 bits per heavy atom. The van der Waals surface area contributed by atoms with Crippen LogP contribution >= 0.6 is 66.7 Å². The highest BCUT2D eigenvalue weighted by atomic mass is 79.9. The predicted octanol–water partition coefficient (Wildman–Crippen LogP) is 6.08. The molecule has 6 atom stereocenters. The van der Waals surface area contributed by atoms with Crippen LogP contribution in [0.4, 0.5) is 5.69 Å². The van der Waals surface area contributed by atoms with E-state index in [1.165, 1.54) is 20.2 Å². The van der Waals surface area contributed by atoms with Crippen LogP contribution in [-0.2, 0) is 19.2 Å². The van der Waals surface area contributed by atoms with E-state index >= 15 is 0 Å². The van der Waals surface area contributed by atoms with Crippen molar-refractivity contribution < 1.29 is 29.0 Å². The Bertz CT molecular complexity index is 1670. The molecule has 3 fully saturated rings. The van der Waals surface area contributed by atoms with Gasteiger partial charge in [-0.05, 0) is 86.9 Å². The van der Waals surface area contributed by atoms with Crippen LogP contribution in [-0.4, -0.2) is 57.5 Å². The van der Waals surface area contributed by atoms with Crippen molar-refractivity contribution in [1.82, 2.24) is 4.90 Å². The van der Waals surface area contributed by atoms with Gasteiger partial charge in [-0.25, -0.2) is 4.90 Å². The number of imide groups is 2. The summed E-state index contributed by atoms with van der Waals surface area (Å²) < 4.78 is 6.01. The predicted molar refractivity (Wildman–Crippen MR) is 164 cm³/mol. The monoisotopic (exact) mass is 758 g/mol. The molecule has 2 aliphatic heterocycles. The molecule has 13 heteroatoms. The van der Waals surface area contributed by atoms with Crippen molar-refractivity contribution in [3.8, 4) is 11.5 Å². The quantitative estimate of drug-likeness (QED) is 0.231. The number of aryl methyl sites for hydroxylation is 1. The van der Waals surface area contributed by atoms with Crippen molar-refractivity contribution in [3.05, 3.63) is 61.0 Å². The van der Waals surface area contributed by atoms with Gasteiger partial charge in [-0.15, -0.1) is 23.2 Å². The minimum atomic E-state index is -1.98. The molecule has 0 aromatic heterocycles. The number of carbonyl (C=O) groups excluding carboxylic acids is 4. The second-order valence-corrected chi connectivity index (χ2v) is 14.3. The van der Waals surface area contributed by atoms with Gasteiger partial charge in [-0.3, -0.25) is 24.1 Å². The number of halogens is 5. The molecular weight excluding hydrogens is 738 g/mol. The van der Waals surface area contributed by atoms with Crippen molar-refractivity contribution in [2.45, 2.75) is 35.4 Å². The highest BCUT2D eigenvalue weighted by Gasteiger charge is 2.76. The number of allylic oxidation sites excluding steroid dienone is 2. The molecule has 1 N–H and O–H groups in total. The van der Waals surface area contributed by atoms with Crippen molar-refractivity contribution in [2.24, 2.45) is 17.8 Å². The molecule has 2 aliphatic carbocycles. The molecule has 0 spiro atoms. The molecule has 6 unspecified atom stereocenters. The third-order valence-corrected chi connectivity index (χ3v) is 13.1. The minimum absolute atomic E-state index is 0.0941.